The maximum Gasteiger partial charge on any atom is 1.00 e. The quantitative estimate of drug-likeness (QED) is 0.304. The van der Waals surface area contributed by atoms with E-state index < -0.39 is 10.8 Å². The molecule has 0 saturated heterocycles. The molecule has 0 saturated carbocycles. The van der Waals surface area contributed by atoms with Crippen LogP contribution in [0.3, 0.4) is 0 Å². The third kappa shape index (κ3) is 9.04. The molecule has 0 aromatic heterocycles. The van der Waals surface area contributed by atoms with Crippen LogP contribution in [0, 0.1) is 0 Å². The molecule has 0 aromatic carbocycles. The summed E-state index contributed by atoms with van der Waals surface area (Å²) in [6.07, 6.45) is 0. The molecule has 0 bridgehead atoms. The third-order valence-corrected chi connectivity index (χ3v) is 1.75. The molecular weight excluding hydrogens is 271 g/mol. The zero-order valence-electron chi connectivity index (χ0n) is 9.63. The minimum atomic E-state index is -1.13. The Morgan fingerprint density at radius 2 is 1.47 bits per heavy atom. The molecule has 86 valence electrons. The van der Waals surface area contributed by atoms with E-state index in [0.717, 1.165) is 0 Å². The van der Waals surface area contributed by atoms with Crippen LogP contribution >= 0.6 is 23.2 Å². The van der Waals surface area contributed by atoms with Crippen molar-refractivity contribution >= 4 is 29.2 Å². The molecule has 0 unspecified atom stereocenters. The Kier molecular flexibility index (Phi) is 15.0. The molecular formula is C8H15Cl3NNaO2. The summed E-state index contributed by atoms with van der Waals surface area (Å²) in [6.45, 7) is 7.69. The Bertz CT molecular complexity index is 171. The molecule has 0 atom stereocenters. The second-order valence-electron chi connectivity index (χ2n) is 3.26. The van der Waals surface area contributed by atoms with E-state index in [9.17, 15) is 4.79 Å². The standard InChI is InChI=1S/C8H15Cl2NO2.ClH.Na/c1-5(2)11(6(3)4)13-8(12)7(9)10;;/h5-7H,1-4H3;1H;/q;;+1/p-1. The minimum Gasteiger partial charge on any atom is -1.00 e. The van der Waals surface area contributed by atoms with Crippen molar-refractivity contribution in [3.8, 4) is 0 Å². The van der Waals surface area contributed by atoms with Gasteiger partial charge in [-0.05, 0) is 27.7 Å². The van der Waals surface area contributed by atoms with Crippen molar-refractivity contribution in [1.82, 2.24) is 5.06 Å². The van der Waals surface area contributed by atoms with Crippen molar-refractivity contribution < 1.29 is 51.6 Å². The van der Waals surface area contributed by atoms with E-state index in [0.29, 0.717) is 0 Å². The maximum atomic E-state index is 11.0. The number of hydroxylamine groups is 2. The zero-order valence-corrected chi connectivity index (χ0v) is 13.9. The molecule has 7 heteroatoms. The van der Waals surface area contributed by atoms with Crippen LogP contribution < -0.4 is 42.0 Å². The smallest absolute Gasteiger partial charge is 1.00 e. The molecule has 0 N–H and O–H groups in total. The van der Waals surface area contributed by atoms with Crippen LogP contribution in [-0.2, 0) is 9.63 Å². The molecule has 0 aliphatic carbocycles. The summed E-state index contributed by atoms with van der Waals surface area (Å²) in [5, 5.41) is 1.56. The van der Waals surface area contributed by atoms with Crippen molar-refractivity contribution in [2.75, 3.05) is 0 Å². The fraction of sp³-hybridized carbons (Fsp3) is 0.875. The summed E-state index contributed by atoms with van der Waals surface area (Å²) in [6, 6.07) is 0.215. The zero-order chi connectivity index (χ0) is 10.6. The van der Waals surface area contributed by atoms with Crippen LogP contribution in [0.4, 0.5) is 0 Å². The Hall–Kier alpha value is 1.30. The van der Waals surface area contributed by atoms with Crippen molar-refractivity contribution in [2.24, 2.45) is 0 Å². The molecule has 3 nitrogen and oxygen atoms in total. The van der Waals surface area contributed by atoms with Gasteiger partial charge in [-0.1, -0.05) is 23.2 Å². The normalized spacial score (nSPS) is 10.3. The number of nitrogens with zero attached hydrogens (tertiary/aromatic N) is 1. The molecule has 0 radical (unpaired) electrons. The van der Waals surface area contributed by atoms with Gasteiger partial charge in [-0.2, -0.15) is 0 Å². The summed E-state index contributed by atoms with van der Waals surface area (Å²) in [5.74, 6) is -0.634. The van der Waals surface area contributed by atoms with E-state index in [1.165, 1.54) is 0 Å². The number of carbonyl (C=O) groups is 1. The first kappa shape index (κ1) is 21.6. The largest absolute Gasteiger partial charge is 1.00 e. The molecule has 0 aromatic rings. The Labute approximate surface area is 129 Å². The summed E-state index contributed by atoms with van der Waals surface area (Å²) in [7, 11) is 0. The number of halogens is 3. The van der Waals surface area contributed by atoms with Gasteiger partial charge in [0.05, 0.1) is 0 Å². The first-order valence-electron chi connectivity index (χ1n) is 4.14. The molecule has 0 fully saturated rings. The first-order chi connectivity index (χ1) is 5.86. The molecule has 0 spiro atoms. The van der Waals surface area contributed by atoms with Gasteiger partial charge in [0, 0.05) is 12.1 Å². The van der Waals surface area contributed by atoms with E-state index in [1.807, 2.05) is 27.7 Å². The van der Waals surface area contributed by atoms with Crippen LogP contribution in [0.15, 0.2) is 0 Å². The predicted octanol–water partition coefficient (Wildman–Crippen LogP) is -3.62. The summed E-state index contributed by atoms with van der Waals surface area (Å²) in [4.78, 5) is 14.9. The Morgan fingerprint density at radius 3 is 1.67 bits per heavy atom. The number of rotatable bonds is 4. The van der Waals surface area contributed by atoms with Crippen molar-refractivity contribution in [3.05, 3.63) is 0 Å². The fourth-order valence-electron chi connectivity index (χ4n) is 0.951. The van der Waals surface area contributed by atoms with Gasteiger partial charge in [0.2, 0.25) is 4.84 Å². The van der Waals surface area contributed by atoms with Crippen molar-refractivity contribution in [1.29, 1.82) is 0 Å². The molecule has 0 amide bonds. The van der Waals surface area contributed by atoms with Crippen molar-refractivity contribution in [3.63, 3.8) is 0 Å². The van der Waals surface area contributed by atoms with Gasteiger partial charge in [-0.3, -0.25) is 0 Å². The minimum absolute atomic E-state index is 0. The number of hydrogen-bond donors (Lipinski definition) is 0. The predicted molar refractivity (Wildman–Crippen MR) is 53.7 cm³/mol. The van der Waals surface area contributed by atoms with Crippen LogP contribution in [0.25, 0.3) is 0 Å². The average molecular weight is 287 g/mol. The molecule has 0 rings (SSSR count). The van der Waals surface area contributed by atoms with E-state index in [4.69, 9.17) is 28.0 Å². The van der Waals surface area contributed by atoms with Crippen LogP contribution in [-0.4, -0.2) is 28.0 Å². The molecule has 0 heterocycles. The third-order valence-electron chi connectivity index (χ3n) is 1.39. The fourth-order valence-corrected chi connectivity index (χ4v) is 1.03. The topological polar surface area (TPSA) is 29.5 Å². The number of carbonyl (C=O) groups excluding carboxylic acids is 1. The van der Waals surface area contributed by atoms with Crippen LogP contribution in [0.5, 0.6) is 0 Å². The monoisotopic (exact) mass is 285 g/mol. The summed E-state index contributed by atoms with van der Waals surface area (Å²) >= 11 is 10.7. The number of alkyl halides is 2. The molecule has 0 aliphatic heterocycles. The Balaban J connectivity index is -0.000000720. The Morgan fingerprint density at radius 1 is 1.13 bits per heavy atom. The van der Waals surface area contributed by atoms with Gasteiger partial charge in [0.1, 0.15) is 0 Å². The van der Waals surface area contributed by atoms with Crippen LogP contribution in [0.1, 0.15) is 27.7 Å². The van der Waals surface area contributed by atoms with E-state index in [1.54, 1.807) is 5.06 Å². The van der Waals surface area contributed by atoms with E-state index >= 15 is 0 Å². The van der Waals surface area contributed by atoms with Crippen LogP contribution in [0.2, 0.25) is 0 Å². The first-order valence-corrected chi connectivity index (χ1v) is 5.01. The molecule has 15 heavy (non-hydrogen) atoms. The van der Waals surface area contributed by atoms with Gasteiger partial charge in [0.25, 0.3) is 0 Å². The van der Waals surface area contributed by atoms with Gasteiger partial charge < -0.3 is 17.2 Å². The van der Waals surface area contributed by atoms with E-state index in [-0.39, 0.29) is 54.0 Å². The van der Waals surface area contributed by atoms with Gasteiger partial charge in [-0.25, -0.2) is 4.79 Å². The van der Waals surface area contributed by atoms with Gasteiger partial charge >= 0.3 is 35.5 Å². The summed E-state index contributed by atoms with van der Waals surface area (Å²) in [5.41, 5.74) is 0. The van der Waals surface area contributed by atoms with Gasteiger partial charge in [0.15, 0.2) is 0 Å². The van der Waals surface area contributed by atoms with Gasteiger partial charge in [-0.15, -0.1) is 5.06 Å². The second-order valence-corrected chi connectivity index (χ2v) is 4.35. The summed E-state index contributed by atoms with van der Waals surface area (Å²) < 4.78 is 0. The second kappa shape index (κ2) is 10.5. The van der Waals surface area contributed by atoms with E-state index in [2.05, 4.69) is 0 Å². The average Bonchev–Trinajstić information content (AvgIpc) is 1.97. The molecule has 0 aliphatic rings. The number of hydrogen-bond acceptors (Lipinski definition) is 3. The SMILES string of the molecule is CC(C)N(OC(=O)C(Cl)Cl)C(C)C.[Cl-].[Na+]. The maximum absolute atomic E-state index is 11.0. The van der Waals surface area contributed by atoms with Crippen molar-refractivity contribution in [2.45, 2.75) is 44.6 Å².